The average Bonchev–Trinajstić information content (AvgIpc) is 2.35. The van der Waals surface area contributed by atoms with Crippen molar-refractivity contribution in [3.05, 3.63) is 35.9 Å². The van der Waals surface area contributed by atoms with Crippen molar-refractivity contribution in [2.45, 2.75) is 31.2 Å². The van der Waals surface area contributed by atoms with Crippen LogP contribution < -0.4 is 5.73 Å². The molecule has 0 aliphatic carbocycles. The first-order chi connectivity index (χ1) is 8.89. The molecular weight excluding hydrogens is 254 g/mol. The maximum absolute atomic E-state index is 6.69. The van der Waals surface area contributed by atoms with Gasteiger partial charge in [-0.2, -0.15) is 0 Å². The first-order valence-electron chi connectivity index (χ1n) is 6.78. The van der Waals surface area contributed by atoms with Crippen LogP contribution in [0.25, 0.3) is 0 Å². The van der Waals surface area contributed by atoms with Gasteiger partial charge in [-0.25, -0.2) is 0 Å². The Bertz CT molecular complexity index is 364. The second-order valence-corrected chi connectivity index (χ2v) is 11.6. The Morgan fingerprint density at radius 3 is 2.26 bits per heavy atom. The van der Waals surface area contributed by atoms with Crippen molar-refractivity contribution in [2.24, 2.45) is 5.73 Å². The molecule has 3 nitrogen and oxygen atoms in total. The first-order valence-corrected chi connectivity index (χ1v) is 10.3. The molecule has 0 fully saturated rings. The molecule has 108 valence electrons. The van der Waals surface area contributed by atoms with Crippen LogP contribution in [0.5, 0.6) is 0 Å². The fourth-order valence-electron chi connectivity index (χ4n) is 1.89. The van der Waals surface area contributed by atoms with Crippen LogP contribution >= 0.6 is 0 Å². The normalized spacial score (nSPS) is 15.2. The molecule has 19 heavy (non-hydrogen) atoms. The maximum Gasteiger partial charge on any atom is 0.0705 e. The fraction of sp³-hybridized carbons (Fsp3) is 0.600. The minimum Gasteiger partial charge on any atom is -0.382 e. The minimum atomic E-state index is -1.54. The van der Waals surface area contributed by atoms with E-state index in [1.54, 1.807) is 7.11 Å². The summed E-state index contributed by atoms with van der Waals surface area (Å²) in [4.78, 5) is 0. The lowest BCUT2D eigenvalue weighted by Gasteiger charge is -2.40. The number of rotatable bonds is 8. The summed E-state index contributed by atoms with van der Waals surface area (Å²) in [5.74, 6) is 0. The van der Waals surface area contributed by atoms with Crippen LogP contribution in [0.3, 0.4) is 0 Å². The van der Waals surface area contributed by atoms with Gasteiger partial charge >= 0.3 is 0 Å². The van der Waals surface area contributed by atoms with E-state index >= 15 is 0 Å². The van der Waals surface area contributed by atoms with Gasteiger partial charge in [-0.05, 0) is 12.0 Å². The molecule has 0 spiro atoms. The molecule has 0 aliphatic rings. The zero-order valence-corrected chi connectivity index (χ0v) is 13.6. The molecule has 1 atom stereocenters. The summed E-state index contributed by atoms with van der Waals surface area (Å²) in [6, 6.07) is 10.4. The van der Waals surface area contributed by atoms with Gasteiger partial charge in [0, 0.05) is 12.3 Å². The van der Waals surface area contributed by atoms with E-state index in [0.29, 0.717) is 19.8 Å². The molecule has 1 aromatic carbocycles. The zero-order valence-electron chi connectivity index (χ0n) is 12.6. The Morgan fingerprint density at radius 2 is 1.74 bits per heavy atom. The summed E-state index contributed by atoms with van der Waals surface area (Å²) in [6.45, 7) is 8.73. The van der Waals surface area contributed by atoms with Gasteiger partial charge in [0.15, 0.2) is 0 Å². The van der Waals surface area contributed by atoms with E-state index < -0.39 is 8.07 Å². The lowest BCUT2D eigenvalue weighted by atomic mass is 10.1. The van der Waals surface area contributed by atoms with Crippen molar-refractivity contribution in [1.29, 1.82) is 0 Å². The predicted octanol–water partition coefficient (Wildman–Crippen LogP) is 2.47. The predicted molar refractivity (Wildman–Crippen MR) is 83.1 cm³/mol. The van der Waals surface area contributed by atoms with E-state index in [1.165, 1.54) is 5.56 Å². The molecule has 0 aromatic heterocycles. The van der Waals surface area contributed by atoms with E-state index in [2.05, 4.69) is 43.9 Å². The Labute approximate surface area is 118 Å². The van der Waals surface area contributed by atoms with Crippen molar-refractivity contribution >= 4 is 8.07 Å². The minimum absolute atomic E-state index is 0.248. The number of hydrogen-bond donors (Lipinski definition) is 1. The lowest BCUT2D eigenvalue weighted by Crippen LogP contribution is -2.63. The molecule has 0 amide bonds. The highest BCUT2D eigenvalue weighted by Gasteiger charge is 2.40. The second-order valence-electron chi connectivity index (χ2n) is 6.11. The van der Waals surface area contributed by atoms with Crippen LogP contribution in [0, 0.1) is 0 Å². The molecule has 1 rings (SSSR count). The fourth-order valence-corrected chi connectivity index (χ4v) is 3.16. The summed E-state index contributed by atoms with van der Waals surface area (Å²) in [5.41, 5.74) is 7.97. The third-order valence-electron chi connectivity index (χ3n) is 3.65. The SMILES string of the molecule is COCCOCC(N)(Cc1ccccc1)[Si](C)(C)C. The van der Waals surface area contributed by atoms with E-state index in [4.69, 9.17) is 15.2 Å². The maximum atomic E-state index is 6.69. The summed E-state index contributed by atoms with van der Waals surface area (Å²) < 4.78 is 10.7. The van der Waals surface area contributed by atoms with Crippen molar-refractivity contribution < 1.29 is 9.47 Å². The summed E-state index contributed by atoms with van der Waals surface area (Å²) in [6.07, 6.45) is 0.872. The molecule has 0 saturated heterocycles. The van der Waals surface area contributed by atoms with E-state index in [0.717, 1.165) is 6.42 Å². The number of hydrogen-bond acceptors (Lipinski definition) is 3. The van der Waals surface area contributed by atoms with Crippen molar-refractivity contribution in [2.75, 3.05) is 26.9 Å². The quantitative estimate of drug-likeness (QED) is 0.588. The van der Waals surface area contributed by atoms with Gasteiger partial charge < -0.3 is 15.2 Å². The van der Waals surface area contributed by atoms with Crippen LogP contribution in [-0.4, -0.2) is 40.2 Å². The van der Waals surface area contributed by atoms with Gasteiger partial charge in [-0.15, -0.1) is 0 Å². The molecule has 2 N–H and O–H groups in total. The highest BCUT2D eigenvalue weighted by atomic mass is 28.3. The van der Waals surface area contributed by atoms with Gasteiger partial charge in [-0.1, -0.05) is 50.0 Å². The van der Waals surface area contributed by atoms with E-state index in [-0.39, 0.29) is 5.16 Å². The summed E-state index contributed by atoms with van der Waals surface area (Å²) >= 11 is 0. The highest BCUT2D eigenvalue weighted by Crippen LogP contribution is 2.23. The second kappa shape index (κ2) is 7.19. The number of ether oxygens (including phenoxy) is 2. The van der Waals surface area contributed by atoms with E-state index in [1.807, 2.05) is 6.07 Å². The van der Waals surface area contributed by atoms with Crippen molar-refractivity contribution in [3.8, 4) is 0 Å². The monoisotopic (exact) mass is 281 g/mol. The van der Waals surface area contributed by atoms with Gasteiger partial charge in [-0.3, -0.25) is 0 Å². The van der Waals surface area contributed by atoms with Crippen molar-refractivity contribution in [3.63, 3.8) is 0 Å². The van der Waals surface area contributed by atoms with Crippen LogP contribution in [0.2, 0.25) is 19.6 Å². The molecule has 0 aliphatic heterocycles. The number of nitrogens with two attached hydrogens (primary N) is 1. The number of methoxy groups -OCH3 is 1. The van der Waals surface area contributed by atoms with Crippen molar-refractivity contribution in [1.82, 2.24) is 0 Å². The van der Waals surface area contributed by atoms with Crippen LogP contribution in [0.1, 0.15) is 5.56 Å². The van der Waals surface area contributed by atoms with Crippen LogP contribution in [0.15, 0.2) is 30.3 Å². The lowest BCUT2D eigenvalue weighted by molar-refractivity contribution is 0.0559. The van der Waals surface area contributed by atoms with Gasteiger partial charge in [0.05, 0.1) is 27.9 Å². The molecule has 1 aromatic rings. The standard InChI is InChI=1S/C15H27NO2Si/c1-17-10-11-18-13-15(16,19(2,3)4)12-14-8-6-5-7-9-14/h5-9H,10-13,16H2,1-4H3. The largest absolute Gasteiger partial charge is 0.382 e. The molecule has 0 bridgehead atoms. The first kappa shape index (κ1) is 16.4. The van der Waals surface area contributed by atoms with Gasteiger partial charge in [0.25, 0.3) is 0 Å². The average molecular weight is 281 g/mol. The zero-order chi connectivity index (χ0) is 14.4. The third-order valence-corrected chi connectivity index (χ3v) is 6.96. The van der Waals surface area contributed by atoms with Crippen LogP contribution in [0.4, 0.5) is 0 Å². The molecule has 0 radical (unpaired) electrons. The molecular formula is C15H27NO2Si. The summed E-state index contributed by atoms with van der Waals surface area (Å²) in [7, 11) is 0.140. The molecule has 4 heteroatoms. The molecule has 0 heterocycles. The topological polar surface area (TPSA) is 44.5 Å². The summed E-state index contributed by atoms with van der Waals surface area (Å²) in [5, 5.41) is -0.248. The van der Waals surface area contributed by atoms with Gasteiger partial charge in [0.2, 0.25) is 0 Å². The Balaban J connectivity index is 2.71. The Morgan fingerprint density at radius 1 is 1.11 bits per heavy atom. The third kappa shape index (κ3) is 5.07. The van der Waals surface area contributed by atoms with Gasteiger partial charge in [0.1, 0.15) is 0 Å². The smallest absolute Gasteiger partial charge is 0.0705 e. The van der Waals surface area contributed by atoms with E-state index in [9.17, 15) is 0 Å². The molecule has 0 saturated carbocycles. The Kier molecular flexibility index (Phi) is 6.20. The van der Waals surface area contributed by atoms with Crippen LogP contribution in [-0.2, 0) is 15.9 Å². The Hall–Kier alpha value is -0.683. The number of benzene rings is 1. The molecule has 1 unspecified atom stereocenters. The highest BCUT2D eigenvalue weighted by molar-refractivity contribution is 6.79.